The summed E-state index contributed by atoms with van der Waals surface area (Å²) in [5, 5.41) is 6.03. The van der Waals surface area contributed by atoms with Gasteiger partial charge in [0.1, 0.15) is 0 Å². The third kappa shape index (κ3) is 4.19. The summed E-state index contributed by atoms with van der Waals surface area (Å²) < 4.78 is 1.03. The number of carbonyl (C=O) groups is 1. The molecule has 3 aromatic rings. The number of amides is 1. The molecule has 148 valence electrons. The second kappa shape index (κ2) is 8.64. The topological polar surface area (TPSA) is 32.7 Å². The molecule has 1 aliphatic rings. The van der Waals surface area contributed by atoms with Crippen LogP contribution in [0.25, 0.3) is 11.6 Å². The molecule has 1 aliphatic heterocycles. The molecule has 0 atom stereocenters. The van der Waals surface area contributed by atoms with Crippen LogP contribution in [0.2, 0.25) is 0 Å². The number of nitrogens with zero attached hydrogens (tertiary/aromatic N) is 2. The van der Waals surface area contributed by atoms with Crippen molar-refractivity contribution in [3.05, 3.63) is 112 Å². The molecule has 3 nitrogen and oxygen atoms in total. The van der Waals surface area contributed by atoms with Gasteiger partial charge in [0.15, 0.2) is 0 Å². The van der Waals surface area contributed by atoms with Gasteiger partial charge in [0.2, 0.25) is 0 Å². The summed E-state index contributed by atoms with van der Waals surface area (Å²) in [5.74, 6) is -0.116. The van der Waals surface area contributed by atoms with Gasteiger partial charge in [0.25, 0.3) is 5.91 Å². The van der Waals surface area contributed by atoms with Gasteiger partial charge in [-0.25, -0.2) is 0 Å². The number of halogens is 1. The Balaban J connectivity index is 1.81. The molecule has 4 rings (SSSR count). The van der Waals surface area contributed by atoms with Gasteiger partial charge in [0.05, 0.1) is 17.0 Å². The SMILES string of the molecule is CC1=NN(c2ccccc2)C(=O)/C1=C(/C=C\c1ccc(Br)cc1)c1ccc(C)cc1. The van der Waals surface area contributed by atoms with Crippen LogP contribution in [-0.2, 0) is 4.79 Å². The van der Waals surface area contributed by atoms with Gasteiger partial charge in [-0.15, -0.1) is 0 Å². The van der Waals surface area contributed by atoms with Gasteiger partial charge in [-0.1, -0.05) is 88.2 Å². The van der Waals surface area contributed by atoms with Crippen molar-refractivity contribution in [2.45, 2.75) is 13.8 Å². The Morgan fingerprint density at radius 1 is 0.900 bits per heavy atom. The van der Waals surface area contributed by atoms with Crippen LogP contribution in [0, 0.1) is 6.92 Å². The molecular weight excluding hydrogens is 436 g/mol. The minimum atomic E-state index is -0.116. The maximum Gasteiger partial charge on any atom is 0.281 e. The number of carbonyl (C=O) groups excluding carboxylic acids is 1. The number of allylic oxidation sites excluding steroid dienone is 2. The van der Waals surface area contributed by atoms with Crippen molar-refractivity contribution < 1.29 is 4.79 Å². The van der Waals surface area contributed by atoms with E-state index in [4.69, 9.17) is 0 Å². The average molecular weight is 457 g/mol. The highest BCUT2D eigenvalue weighted by atomic mass is 79.9. The summed E-state index contributed by atoms with van der Waals surface area (Å²) in [6.45, 7) is 3.94. The molecule has 0 saturated carbocycles. The molecule has 1 heterocycles. The van der Waals surface area contributed by atoms with E-state index in [-0.39, 0.29) is 5.91 Å². The Hall–Kier alpha value is -3.24. The minimum Gasteiger partial charge on any atom is -0.267 e. The van der Waals surface area contributed by atoms with Crippen LogP contribution in [0.3, 0.4) is 0 Å². The van der Waals surface area contributed by atoms with Gasteiger partial charge in [-0.2, -0.15) is 10.1 Å². The molecule has 1 amide bonds. The lowest BCUT2D eigenvalue weighted by atomic mass is 9.95. The number of hydrogen-bond acceptors (Lipinski definition) is 2. The molecule has 3 aromatic carbocycles. The fourth-order valence-corrected chi connectivity index (χ4v) is 3.64. The molecule has 0 bridgehead atoms. The van der Waals surface area contributed by atoms with E-state index in [0.717, 1.165) is 26.9 Å². The van der Waals surface area contributed by atoms with E-state index >= 15 is 0 Å². The molecule has 0 saturated heterocycles. The minimum absolute atomic E-state index is 0.116. The summed E-state index contributed by atoms with van der Waals surface area (Å²) in [6.07, 6.45) is 4.04. The summed E-state index contributed by atoms with van der Waals surface area (Å²) in [4.78, 5) is 13.4. The highest BCUT2D eigenvalue weighted by Gasteiger charge is 2.31. The lowest BCUT2D eigenvalue weighted by Gasteiger charge is -2.13. The van der Waals surface area contributed by atoms with Crippen LogP contribution in [-0.4, -0.2) is 11.6 Å². The summed E-state index contributed by atoms with van der Waals surface area (Å²) >= 11 is 3.47. The van der Waals surface area contributed by atoms with E-state index < -0.39 is 0 Å². The van der Waals surface area contributed by atoms with E-state index in [9.17, 15) is 4.79 Å². The van der Waals surface area contributed by atoms with Crippen molar-refractivity contribution >= 4 is 44.9 Å². The maximum atomic E-state index is 13.4. The number of hydrazone groups is 1. The van der Waals surface area contributed by atoms with E-state index in [1.54, 1.807) is 0 Å². The smallest absolute Gasteiger partial charge is 0.267 e. The fraction of sp³-hybridized carbons (Fsp3) is 0.0769. The molecule has 0 spiro atoms. The van der Waals surface area contributed by atoms with Crippen LogP contribution in [0.1, 0.15) is 23.6 Å². The van der Waals surface area contributed by atoms with E-state index in [0.29, 0.717) is 11.3 Å². The normalized spacial score (nSPS) is 15.6. The highest BCUT2D eigenvalue weighted by Crippen LogP contribution is 2.30. The number of aryl methyl sites for hydroxylation is 1. The van der Waals surface area contributed by atoms with Crippen molar-refractivity contribution in [1.29, 1.82) is 0 Å². The lowest BCUT2D eigenvalue weighted by Crippen LogP contribution is -2.21. The first-order valence-corrected chi connectivity index (χ1v) is 10.5. The van der Waals surface area contributed by atoms with Crippen molar-refractivity contribution in [2.75, 3.05) is 5.01 Å². The number of benzene rings is 3. The molecule has 0 radical (unpaired) electrons. The van der Waals surface area contributed by atoms with Crippen LogP contribution < -0.4 is 5.01 Å². The Labute approximate surface area is 185 Å². The van der Waals surface area contributed by atoms with E-state index in [2.05, 4.69) is 52.2 Å². The molecule has 30 heavy (non-hydrogen) atoms. The quantitative estimate of drug-likeness (QED) is 0.404. The van der Waals surface area contributed by atoms with Gasteiger partial charge >= 0.3 is 0 Å². The van der Waals surface area contributed by atoms with Gasteiger partial charge < -0.3 is 0 Å². The Kier molecular flexibility index (Phi) is 5.77. The number of anilines is 1. The molecule has 0 unspecified atom stereocenters. The van der Waals surface area contributed by atoms with Gasteiger partial charge in [0, 0.05) is 4.47 Å². The average Bonchev–Trinajstić information content (AvgIpc) is 3.06. The predicted molar refractivity (Wildman–Crippen MR) is 128 cm³/mol. The summed E-state index contributed by atoms with van der Waals surface area (Å²) in [5.41, 5.74) is 6.18. The highest BCUT2D eigenvalue weighted by molar-refractivity contribution is 9.10. The standard InChI is InChI=1S/C26H21BrN2O/c1-18-8-13-21(14-9-18)24(17-12-20-10-15-22(27)16-11-20)25-19(2)28-29(26(25)30)23-6-4-3-5-7-23/h3-17H,1-2H3/b17-12-,25-24-. The van der Waals surface area contributed by atoms with Crippen LogP contribution in [0.5, 0.6) is 0 Å². The van der Waals surface area contributed by atoms with Crippen molar-refractivity contribution in [3.8, 4) is 0 Å². The second-order valence-corrected chi connectivity index (χ2v) is 8.09. The zero-order valence-corrected chi connectivity index (χ0v) is 18.4. The Morgan fingerprint density at radius 3 is 2.23 bits per heavy atom. The molecule has 4 heteroatoms. The molecule has 0 fully saturated rings. The largest absolute Gasteiger partial charge is 0.281 e. The molecule has 0 aromatic heterocycles. The van der Waals surface area contributed by atoms with Crippen LogP contribution in [0.15, 0.2) is 100 Å². The summed E-state index contributed by atoms with van der Waals surface area (Å²) in [6, 6.07) is 25.8. The first-order chi connectivity index (χ1) is 14.5. The van der Waals surface area contributed by atoms with Crippen molar-refractivity contribution in [2.24, 2.45) is 5.10 Å². The Morgan fingerprint density at radius 2 is 1.57 bits per heavy atom. The zero-order chi connectivity index (χ0) is 21.1. The molecule has 0 N–H and O–H groups in total. The van der Waals surface area contributed by atoms with Crippen molar-refractivity contribution in [3.63, 3.8) is 0 Å². The first kappa shape index (κ1) is 20.0. The molecular formula is C26H21BrN2O. The van der Waals surface area contributed by atoms with E-state index in [1.807, 2.05) is 73.7 Å². The van der Waals surface area contributed by atoms with Crippen LogP contribution >= 0.6 is 15.9 Å². The second-order valence-electron chi connectivity index (χ2n) is 7.18. The van der Waals surface area contributed by atoms with E-state index in [1.165, 1.54) is 10.6 Å². The predicted octanol–water partition coefficient (Wildman–Crippen LogP) is 6.65. The summed E-state index contributed by atoms with van der Waals surface area (Å²) in [7, 11) is 0. The molecule has 0 aliphatic carbocycles. The van der Waals surface area contributed by atoms with Gasteiger partial charge in [-0.3, -0.25) is 4.79 Å². The maximum absolute atomic E-state index is 13.4. The number of para-hydroxylation sites is 1. The number of hydrogen-bond donors (Lipinski definition) is 0. The number of rotatable bonds is 4. The van der Waals surface area contributed by atoms with Gasteiger partial charge in [-0.05, 0) is 54.8 Å². The first-order valence-electron chi connectivity index (χ1n) is 9.73. The van der Waals surface area contributed by atoms with Crippen molar-refractivity contribution in [1.82, 2.24) is 0 Å². The Bertz CT molecular complexity index is 1160. The monoisotopic (exact) mass is 456 g/mol. The third-order valence-electron chi connectivity index (χ3n) is 4.96. The van der Waals surface area contributed by atoms with Crippen LogP contribution in [0.4, 0.5) is 5.69 Å². The zero-order valence-electron chi connectivity index (χ0n) is 16.8. The fourth-order valence-electron chi connectivity index (χ4n) is 3.37. The third-order valence-corrected chi connectivity index (χ3v) is 5.49. The lowest BCUT2D eigenvalue weighted by molar-refractivity contribution is -0.114.